The van der Waals surface area contributed by atoms with E-state index in [1.807, 2.05) is 18.2 Å². The van der Waals surface area contributed by atoms with Gasteiger partial charge in [-0.15, -0.1) is 0 Å². The van der Waals surface area contributed by atoms with Crippen molar-refractivity contribution in [2.24, 2.45) is 0 Å². The molecule has 1 aromatic carbocycles. The van der Waals surface area contributed by atoms with Gasteiger partial charge in [-0.05, 0) is 25.0 Å². The van der Waals surface area contributed by atoms with Crippen LogP contribution < -0.4 is 10.1 Å². The summed E-state index contributed by atoms with van der Waals surface area (Å²) in [6, 6.07) is 4.58. The molecule has 1 fully saturated rings. The van der Waals surface area contributed by atoms with Gasteiger partial charge in [0.05, 0.1) is 10.7 Å². The lowest BCUT2D eigenvalue weighted by Gasteiger charge is -2.19. The molecular formula is C14H16ClNO. The van der Waals surface area contributed by atoms with Gasteiger partial charge in [0, 0.05) is 17.7 Å². The molecule has 1 aliphatic carbocycles. The fourth-order valence-corrected chi connectivity index (χ4v) is 2.76. The molecule has 2 aliphatic rings. The Labute approximate surface area is 107 Å². The Morgan fingerprint density at radius 3 is 2.88 bits per heavy atom. The van der Waals surface area contributed by atoms with Crippen molar-refractivity contribution in [2.75, 3.05) is 11.9 Å². The molecule has 1 aromatic rings. The SMILES string of the molecule is Clc1cc2c(cc1NC1CCCC1)OCC=C2. The third-order valence-electron chi connectivity index (χ3n) is 3.45. The van der Waals surface area contributed by atoms with Gasteiger partial charge in [0.15, 0.2) is 0 Å². The Hall–Kier alpha value is -1.15. The van der Waals surface area contributed by atoms with Gasteiger partial charge in [0.2, 0.25) is 0 Å². The molecule has 0 saturated heterocycles. The summed E-state index contributed by atoms with van der Waals surface area (Å²) < 4.78 is 5.60. The summed E-state index contributed by atoms with van der Waals surface area (Å²) in [6.45, 7) is 0.650. The van der Waals surface area contributed by atoms with Crippen LogP contribution in [0.3, 0.4) is 0 Å². The average Bonchev–Trinajstić information content (AvgIpc) is 2.83. The monoisotopic (exact) mass is 249 g/mol. The molecule has 1 N–H and O–H groups in total. The maximum absolute atomic E-state index is 6.29. The van der Waals surface area contributed by atoms with Crippen molar-refractivity contribution in [3.05, 3.63) is 28.8 Å². The molecule has 1 heterocycles. The van der Waals surface area contributed by atoms with E-state index in [9.17, 15) is 0 Å². The second kappa shape index (κ2) is 4.61. The minimum Gasteiger partial charge on any atom is -0.489 e. The van der Waals surface area contributed by atoms with Crippen LogP contribution in [0.4, 0.5) is 5.69 Å². The number of nitrogens with one attached hydrogen (secondary N) is 1. The molecule has 3 heteroatoms. The van der Waals surface area contributed by atoms with Crippen molar-refractivity contribution in [1.29, 1.82) is 0 Å². The Bertz CT molecular complexity index is 450. The van der Waals surface area contributed by atoms with Crippen molar-refractivity contribution in [1.82, 2.24) is 0 Å². The fourth-order valence-electron chi connectivity index (χ4n) is 2.54. The smallest absolute Gasteiger partial charge is 0.129 e. The third-order valence-corrected chi connectivity index (χ3v) is 3.76. The quantitative estimate of drug-likeness (QED) is 0.852. The maximum Gasteiger partial charge on any atom is 0.129 e. The number of halogens is 1. The van der Waals surface area contributed by atoms with E-state index in [1.165, 1.54) is 25.7 Å². The molecule has 0 bridgehead atoms. The number of ether oxygens (including phenoxy) is 1. The first kappa shape index (κ1) is 11.0. The van der Waals surface area contributed by atoms with Crippen molar-refractivity contribution in [2.45, 2.75) is 31.7 Å². The summed E-state index contributed by atoms with van der Waals surface area (Å²) >= 11 is 6.29. The Morgan fingerprint density at radius 1 is 1.24 bits per heavy atom. The van der Waals surface area contributed by atoms with Gasteiger partial charge in [-0.25, -0.2) is 0 Å². The van der Waals surface area contributed by atoms with Crippen LogP contribution in [0, 0.1) is 0 Å². The Morgan fingerprint density at radius 2 is 2.06 bits per heavy atom. The molecular weight excluding hydrogens is 234 g/mol. The topological polar surface area (TPSA) is 21.3 Å². The zero-order valence-corrected chi connectivity index (χ0v) is 10.5. The number of benzene rings is 1. The summed E-state index contributed by atoms with van der Waals surface area (Å²) in [4.78, 5) is 0. The molecule has 0 atom stereocenters. The molecule has 0 radical (unpaired) electrons. The van der Waals surface area contributed by atoms with Gasteiger partial charge in [0.25, 0.3) is 0 Å². The fraction of sp³-hybridized carbons (Fsp3) is 0.429. The number of fused-ring (bicyclic) bond motifs is 1. The minimum absolute atomic E-state index is 0.574. The van der Waals surface area contributed by atoms with Crippen molar-refractivity contribution >= 4 is 23.4 Å². The second-order valence-electron chi connectivity index (χ2n) is 4.71. The predicted octanol–water partition coefficient (Wildman–Crippen LogP) is 4.10. The van der Waals surface area contributed by atoms with Crippen LogP contribution in [0.15, 0.2) is 18.2 Å². The highest BCUT2D eigenvalue weighted by Crippen LogP contribution is 2.35. The van der Waals surface area contributed by atoms with Gasteiger partial charge in [-0.3, -0.25) is 0 Å². The zero-order chi connectivity index (χ0) is 11.7. The van der Waals surface area contributed by atoms with Crippen LogP contribution in [0.25, 0.3) is 6.08 Å². The first-order chi connectivity index (χ1) is 8.33. The molecule has 3 rings (SSSR count). The standard InChI is InChI=1S/C14H16ClNO/c15-12-8-10-4-3-7-17-14(10)9-13(12)16-11-5-1-2-6-11/h3-4,8-9,11,16H,1-2,5-7H2. The van der Waals surface area contributed by atoms with Crippen LogP contribution in [0.1, 0.15) is 31.2 Å². The lowest BCUT2D eigenvalue weighted by molar-refractivity contribution is 0.358. The van der Waals surface area contributed by atoms with Crippen LogP contribution in [-0.4, -0.2) is 12.6 Å². The lowest BCUT2D eigenvalue weighted by atomic mass is 10.1. The van der Waals surface area contributed by atoms with Crippen LogP contribution in [-0.2, 0) is 0 Å². The normalized spacial score (nSPS) is 18.9. The van der Waals surface area contributed by atoms with E-state index < -0.39 is 0 Å². The van der Waals surface area contributed by atoms with Crippen LogP contribution in [0.5, 0.6) is 5.75 Å². The van der Waals surface area contributed by atoms with E-state index >= 15 is 0 Å². The number of rotatable bonds is 2. The number of hydrogen-bond donors (Lipinski definition) is 1. The van der Waals surface area contributed by atoms with Crippen molar-refractivity contribution in [3.8, 4) is 5.75 Å². The zero-order valence-electron chi connectivity index (χ0n) is 9.71. The number of hydrogen-bond acceptors (Lipinski definition) is 2. The molecule has 0 aromatic heterocycles. The largest absolute Gasteiger partial charge is 0.489 e. The molecule has 1 saturated carbocycles. The van der Waals surface area contributed by atoms with Crippen molar-refractivity contribution in [3.63, 3.8) is 0 Å². The number of anilines is 1. The summed E-state index contributed by atoms with van der Waals surface area (Å²) in [5, 5.41) is 4.31. The average molecular weight is 250 g/mol. The van der Waals surface area contributed by atoms with Gasteiger partial charge < -0.3 is 10.1 Å². The summed E-state index contributed by atoms with van der Waals surface area (Å²) in [5.41, 5.74) is 2.07. The summed E-state index contributed by atoms with van der Waals surface area (Å²) in [6.07, 6.45) is 9.19. The highest BCUT2D eigenvalue weighted by Gasteiger charge is 2.17. The lowest BCUT2D eigenvalue weighted by Crippen LogP contribution is -2.15. The first-order valence-electron chi connectivity index (χ1n) is 6.22. The van der Waals surface area contributed by atoms with Gasteiger partial charge >= 0.3 is 0 Å². The van der Waals surface area contributed by atoms with Crippen LogP contribution in [0.2, 0.25) is 5.02 Å². The molecule has 17 heavy (non-hydrogen) atoms. The van der Waals surface area contributed by atoms with E-state index in [2.05, 4.69) is 11.4 Å². The van der Waals surface area contributed by atoms with E-state index in [1.54, 1.807) is 0 Å². The molecule has 0 amide bonds. The van der Waals surface area contributed by atoms with E-state index in [4.69, 9.17) is 16.3 Å². The highest BCUT2D eigenvalue weighted by molar-refractivity contribution is 6.33. The van der Waals surface area contributed by atoms with E-state index in [-0.39, 0.29) is 0 Å². The predicted molar refractivity (Wildman–Crippen MR) is 71.9 cm³/mol. The molecule has 0 spiro atoms. The summed E-state index contributed by atoms with van der Waals surface area (Å²) in [5.74, 6) is 0.928. The summed E-state index contributed by atoms with van der Waals surface area (Å²) in [7, 11) is 0. The highest BCUT2D eigenvalue weighted by atomic mass is 35.5. The maximum atomic E-state index is 6.29. The molecule has 90 valence electrons. The third kappa shape index (κ3) is 2.27. The molecule has 1 aliphatic heterocycles. The van der Waals surface area contributed by atoms with Crippen molar-refractivity contribution < 1.29 is 4.74 Å². The first-order valence-corrected chi connectivity index (χ1v) is 6.60. The molecule has 0 unspecified atom stereocenters. The van der Waals surface area contributed by atoms with Crippen LogP contribution >= 0.6 is 11.6 Å². The Kier molecular flexibility index (Phi) is 2.98. The van der Waals surface area contributed by atoms with E-state index in [0.29, 0.717) is 12.6 Å². The minimum atomic E-state index is 0.574. The van der Waals surface area contributed by atoms with Gasteiger partial charge in [-0.1, -0.05) is 30.5 Å². The Balaban J connectivity index is 1.86. The molecule has 2 nitrogen and oxygen atoms in total. The van der Waals surface area contributed by atoms with Gasteiger partial charge in [0.1, 0.15) is 12.4 Å². The van der Waals surface area contributed by atoms with Gasteiger partial charge in [-0.2, -0.15) is 0 Å². The van der Waals surface area contributed by atoms with E-state index in [0.717, 1.165) is 22.0 Å². The second-order valence-corrected chi connectivity index (χ2v) is 5.12.